The van der Waals surface area contributed by atoms with Gasteiger partial charge in [-0.2, -0.15) is 0 Å². The van der Waals surface area contributed by atoms with E-state index in [1.807, 2.05) is 36.4 Å². The molecular formula is C24H23N3O4S. The van der Waals surface area contributed by atoms with Crippen LogP contribution in [0.5, 0.6) is 0 Å². The number of likely N-dealkylation sites (tertiary alicyclic amines) is 1. The number of carbonyl (C=O) groups excluding carboxylic acids is 4. The standard InChI is InChI=1S/C24H23N3O4S/c28-21-10-5-12-26(21)16-18-8-4-9-19(14-18)22(29)25-11-13-27-23(30)20(32-24(27)31)15-17-6-2-1-3-7-17/h1-4,6-9,14-15H,5,10-13,16H2,(H,25,29)/b20-15+. The van der Waals surface area contributed by atoms with E-state index in [1.165, 1.54) is 0 Å². The summed E-state index contributed by atoms with van der Waals surface area (Å²) in [4.78, 5) is 52.5. The van der Waals surface area contributed by atoms with E-state index in [-0.39, 0.29) is 36.1 Å². The second-order valence-electron chi connectivity index (χ2n) is 7.62. The molecule has 2 fully saturated rings. The summed E-state index contributed by atoms with van der Waals surface area (Å²) in [5, 5.41) is 2.42. The molecule has 0 bridgehead atoms. The Morgan fingerprint density at radius 1 is 1.06 bits per heavy atom. The molecule has 0 spiro atoms. The number of amides is 4. The molecule has 0 aliphatic carbocycles. The molecule has 164 valence electrons. The maximum Gasteiger partial charge on any atom is 0.293 e. The van der Waals surface area contributed by atoms with Gasteiger partial charge in [0.1, 0.15) is 0 Å². The molecular weight excluding hydrogens is 426 g/mol. The zero-order valence-electron chi connectivity index (χ0n) is 17.5. The summed E-state index contributed by atoms with van der Waals surface area (Å²) >= 11 is 0.903. The third-order valence-corrected chi connectivity index (χ3v) is 6.23. The van der Waals surface area contributed by atoms with E-state index >= 15 is 0 Å². The Balaban J connectivity index is 1.31. The molecule has 1 N–H and O–H groups in total. The summed E-state index contributed by atoms with van der Waals surface area (Å²) in [6.45, 7) is 1.49. The van der Waals surface area contributed by atoms with Crippen molar-refractivity contribution in [2.75, 3.05) is 19.6 Å². The van der Waals surface area contributed by atoms with E-state index in [0.717, 1.165) is 40.8 Å². The van der Waals surface area contributed by atoms with Gasteiger partial charge in [-0.1, -0.05) is 42.5 Å². The molecule has 2 aliphatic rings. The Labute approximate surface area is 190 Å². The van der Waals surface area contributed by atoms with Gasteiger partial charge in [0.15, 0.2) is 0 Å². The lowest BCUT2D eigenvalue weighted by molar-refractivity contribution is -0.128. The van der Waals surface area contributed by atoms with Gasteiger partial charge >= 0.3 is 0 Å². The Hall–Kier alpha value is -3.39. The van der Waals surface area contributed by atoms with Crippen LogP contribution in [0, 0.1) is 0 Å². The number of hydrogen-bond acceptors (Lipinski definition) is 5. The summed E-state index contributed by atoms with van der Waals surface area (Å²) in [6, 6.07) is 16.5. The number of benzene rings is 2. The molecule has 0 atom stereocenters. The van der Waals surface area contributed by atoms with Crippen LogP contribution in [0.25, 0.3) is 6.08 Å². The van der Waals surface area contributed by atoms with E-state index in [1.54, 1.807) is 29.2 Å². The summed E-state index contributed by atoms with van der Waals surface area (Å²) in [7, 11) is 0. The minimum atomic E-state index is -0.352. The smallest absolute Gasteiger partial charge is 0.293 e. The molecule has 4 amide bonds. The number of thioether (sulfide) groups is 1. The SMILES string of the molecule is O=C(NCCN1C(=O)S/C(=C/c2ccccc2)C1=O)c1cccc(CN2CCCC2=O)c1. The number of imide groups is 1. The summed E-state index contributed by atoms with van der Waals surface area (Å²) in [6.07, 6.45) is 3.14. The van der Waals surface area contributed by atoms with Gasteiger partial charge in [0.2, 0.25) is 5.91 Å². The fourth-order valence-corrected chi connectivity index (χ4v) is 4.54. The van der Waals surface area contributed by atoms with E-state index in [2.05, 4.69) is 5.32 Å². The molecule has 0 aromatic heterocycles. The minimum absolute atomic E-state index is 0.102. The highest BCUT2D eigenvalue weighted by molar-refractivity contribution is 8.18. The zero-order chi connectivity index (χ0) is 22.5. The topological polar surface area (TPSA) is 86.8 Å². The van der Waals surface area contributed by atoms with Crippen molar-refractivity contribution in [1.82, 2.24) is 15.1 Å². The number of rotatable bonds is 7. The molecule has 2 aromatic carbocycles. The van der Waals surface area contributed by atoms with Crippen LogP contribution in [-0.4, -0.2) is 52.4 Å². The van der Waals surface area contributed by atoms with Crippen molar-refractivity contribution in [1.29, 1.82) is 0 Å². The van der Waals surface area contributed by atoms with E-state index < -0.39 is 0 Å². The molecule has 0 unspecified atom stereocenters. The van der Waals surface area contributed by atoms with Crippen molar-refractivity contribution in [3.8, 4) is 0 Å². The Morgan fingerprint density at radius 3 is 2.62 bits per heavy atom. The monoisotopic (exact) mass is 449 g/mol. The lowest BCUT2D eigenvalue weighted by Crippen LogP contribution is -2.37. The molecule has 4 rings (SSSR count). The summed E-state index contributed by atoms with van der Waals surface area (Å²) in [5.74, 6) is -0.500. The maximum absolute atomic E-state index is 12.6. The highest BCUT2D eigenvalue weighted by Gasteiger charge is 2.34. The van der Waals surface area contributed by atoms with Gasteiger partial charge in [-0.3, -0.25) is 24.1 Å². The fraction of sp³-hybridized carbons (Fsp3) is 0.250. The number of carbonyl (C=O) groups is 4. The minimum Gasteiger partial charge on any atom is -0.350 e. The first-order valence-electron chi connectivity index (χ1n) is 10.5. The van der Waals surface area contributed by atoms with Crippen molar-refractivity contribution in [3.05, 3.63) is 76.2 Å². The molecule has 7 nitrogen and oxygen atoms in total. The van der Waals surface area contributed by atoms with Crippen LogP contribution in [0.3, 0.4) is 0 Å². The average molecular weight is 450 g/mol. The quantitative estimate of drug-likeness (QED) is 0.656. The van der Waals surface area contributed by atoms with Crippen molar-refractivity contribution in [2.45, 2.75) is 19.4 Å². The van der Waals surface area contributed by atoms with Crippen molar-refractivity contribution in [2.24, 2.45) is 0 Å². The second kappa shape index (κ2) is 9.82. The lowest BCUT2D eigenvalue weighted by Gasteiger charge is -2.16. The third kappa shape index (κ3) is 5.08. The van der Waals surface area contributed by atoms with E-state index in [9.17, 15) is 19.2 Å². The first kappa shape index (κ1) is 21.8. The summed E-state index contributed by atoms with van der Waals surface area (Å²) < 4.78 is 0. The van der Waals surface area contributed by atoms with Crippen molar-refractivity contribution < 1.29 is 19.2 Å². The number of nitrogens with one attached hydrogen (secondary N) is 1. The molecule has 0 radical (unpaired) electrons. The predicted molar refractivity (Wildman–Crippen MR) is 123 cm³/mol. The van der Waals surface area contributed by atoms with Crippen LogP contribution in [0.1, 0.15) is 34.3 Å². The van der Waals surface area contributed by atoms with Gasteiger partial charge in [-0.05, 0) is 47.5 Å². The van der Waals surface area contributed by atoms with Crippen molar-refractivity contribution >= 4 is 40.8 Å². The molecule has 2 aliphatic heterocycles. The average Bonchev–Trinajstić information content (AvgIpc) is 3.31. The van der Waals surface area contributed by atoms with E-state index in [0.29, 0.717) is 23.4 Å². The number of hydrogen-bond donors (Lipinski definition) is 1. The fourth-order valence-electron chi connectivity index (χ4n) is 3.68. The molecule has 2 heterocycles. The lowest BCUT2D eigenvalue weighted by atomic mass is 10.1. The Morgan fingerprint density at radius 2 is 1.88 bits per heavy atom. The highest BCUT2D eigenvalue weighted by atomic mass is 32.2. The first-order valence-corrected chi connectivity index (χ1v) is 11.3. The van der Waals surface area contributed by atoms with E-state index in [4.69, 9.17) is 0 Å². The van der Waals surface area contributed by atoms with Crippen LogP contribution in [-0.2, 0) is 16.1 Å². The normalized spacial score (nSPS) is 17.5. The zero-order valence-corrected chi connectivity index (χ0v) is 18.3. The van der Waals surface area contributed by atoms with Crippen LogP contribution in [0.2, 0.25) is 0 Å². The van der Waals surface area contributed by atoms with Crippen LogP contribution in [0.15, 0.2) is 59.5 Å². The van der Waals surface area contributed by atoms with Gasteiger partial charge in [0.25, 0.3) is 17.1 Å². The van der Waals surface area contributed by atoms with Gasteiger partial charge in [0, 0.05) is 38.2 Å². The molecule has 32 heavy (non-hydrogen) atoms. The second-order valence-corrected chi connectivity index (χ2v) is 8.61. The Bertz CT molecular complexity index is 1080. The van der Waals surface area contributed by atoms with Gasteiger partial charge in [-0.25, -0.2) is 0 Å². The van der Waals surface area contributed by atoms with Crippen molar-refractivity contribution in [3.63, 3.8) is 0 Å². The molecule has 8 heteroatoms. The van der Waals surface area contributed by atoms with Gasteiger partial charge in [-0.15, -0.1) is 0 Å². The summed E-state index contributed by atoms with van der Waals surface area (Å²) in [5.41, 5.74) is 2.22. The van der Waals surface area contributed by atoms with Crippen LogP contribution in [0.4, 0.5) is 4.79 Å². The number of nitrogens with zero attached hydrogens (tertiary/aromatic N) is 2. The van der Waals surface area contributed by atoms with Gasteiger partial charge < -0.3 is 10.2 Å². The molecule has 2 aromatic rings. The Kier molecular flexibility index (Phi) is 6.70. The molecule has 0 saturated carbocycles. The third-order valence-electron chi connectivity index (χ3n) is 5.33. The van der Waals surface area contributed by atoms with Gasteiger partial charge in [0.05, 0.1) is 4.91 Å². The maximum atomic E-state index is 12.6. The highest BCUT2D eigenvalue weighted by Crippen LogP contribution is 2.31. The van der Waals surface area contributed by atoms with Crippen LogP contribution >= 0.6 is 11.8 Å². The van der Waals surface area contributed by atoms with Crippen LogP contribution < -0.4 is 5.32 Å². The largest absolute Gasteiger partial charge is 0.350 e. The first-order chi connectivity index (χ1) is 15.5. The predicted octanol–water partition coefficient (Wildman–Crippen LogP) is 3.28. The molecule has 2 saturated heterocycles.